The Bertz CT molecular complexity index is 757. The van der Waals surface area contributed by atoms with Gasteiger partial charge in [0.25, 0.3) is 5.56 Å². The fourth-order valence-corrected chi connectivity index (χ4v) is 1.80. The van der Waals surface area contributed by atoms with Crippen LogP contribution in [0.3, 0.4) is 0 Å². The molecule has 1 aromatic heterocycles. The maximum Gasteiger partial charge on any atom is 0.493 e. The van der Waals surface area contributed by atoms with Crippen LogP contribution in [0.5, 0.6) is 0 Å². The first-order chi connectivity index (χ1) is 10.8. The van der Waals surface area contributed by atoms with Gasteiger partial charge in [-0.3, -0.25) is 4.79 Å². The highest BCUT2D eigenvalue weighted by molar-refractivity contribution is 5.76. The number of hydrogen-bond acceptors (Lipinski definition) is 5. The molecule has 0 saturated carbocycles. The molecule has 0 amide bonds. The maximum atomic E-state index is 12.2. The summed E-state index contributed by atoms with van der Waals surface area (Å²) in [4.78, 5) is 30.5. The Labute approximate surface area is 128 Å². The van der Waals surface area contributed by atoms with E-state index >= 15 is 0 Å². The molecule has 1 aromatic carbocycles. The minimum Gasteiger partial charge on any atom is -0.367 e. The molecule has 6 nitrogen and oxygen atoms in total. The SMILES string of the molecule is Nc1ncc(CCc2ccccc2)c(=O)n1OC(=O)C(F)(F)F. The number of alkyl halides is 3. The summed E-state index contributed by atoms with van der Waals surface area (Å²) < 4.78 is 36.7. The Hall–Kier alpha value is -2.84. The van der Waals surface area contributed by atoms with Gasteiger partial charge in [-0.15, -0.1) is 0 Å². The molecule has 0 atom stereocenters. The van der Waals surface area contributed by atoms with Crippen LogP contribution in [-0.2, 0) is 17.6 Å². The number of benzene rings is 1. The fourth-order valence-electron chi connectivity index (χ4n) is 1.80. The van der Waals surface area contributed by atoms with Crippen molar-refractivity contribution in [2.75, 3.05) is 5.73 Å². The normalized spacial score (nSPS) is 11.3. The Morgan fingerprint density at radius 1 is 1.22 bits per heavy atom. The average Bonchev–Trinajstić information content (AvgIpc) is 2.50. The van der Waals surface area contributed by atoms with Crippen LogP contribution < -0.4 is 16.1 Å². The molecule has 122 valence electrons. The second-order valence-electron chi connectivity index (χ2n) is 4.60. The van der Waals surface area contributed by atoms with E-state index in [0.29, 0.717) is 6.42 Å². The smallest absolute Gasteiger partial charge is 0.367 e. The molecule has 2 N–H and O–H groups in total. The number of aromatic nitrogens is 2. The van der Waals surface area contributed by atoms with Crippen LogP contribution in [0.15, 0.2) is 41.3 Å². The maximum absolute atomic E-state index is 12.2. The van der Waals surface area contributed by atoms with Crippen molar-refractivity contribution in [3.63, 3.8) is 0 Å². The molecule has 0 saturated heterocycles. The van der Waals surface area contributed by atoms with Gasteiger partial charge < -0.3 is 10.6 Å². The molecule has 0 bridgehead atoms. The van der Waals surface area contributed by atoms with Gasteiger partial charge in [-0.05, 0) is 18.4 Å². The highest BCUT2D eigenvalue weighted by atomic mass is 19.4. The highest BCUT2D eigenvalue weighted by Gasteiger charge is 2.42. The van der Waals surface area contributed by atoms with Crippen molar-refractivity contribution in [3.05, 3.63) is 58.0 Å². The minimum atomic E-state index is -5.24. The van der Waals surface area contributed by atoms with Crippen molar-refractivity contribution >= 4 is 11.9 Å². The molecule has 0 spiro atoms. The molecule has 0 aliphatic heterocycles. The zero-order valence-corrected chi connectivity index (χ0v) is 11.7. The van der Waals surface area contributed by atoms with E-state index in [1.54, 1.807) is 0 Å². The first kappa shape index (κ1) is 16.5. The molecule has 2 aromatic rings. The van der Waals surface area contributed by atoms with Crippen LogP contribution in [0.2, 0.25) is 0 Å². The molecular weight excluding hydrogens is 315 g/mol. The molecule has 9 heteroatoms. The lowest BCUT2D eigenvalue weighted by atomic mass is 10.1. The third kappa shape index (κ3) is 4.09. The van der Waals surface area contributed by atoms with Gasteiger partial charge in [0.15, 0.2) is 0 Å². The van der Waals surface area contributed by atoms with Crippen molar-refractivity contribution in [2.24, 2.45) is 0 Å². The number of carbonyl (C=O) groups is 1. The third-order valence-electron chi connectivity index (χ3n) is 2.95. The summed E-state index contributed by atoms with van der Waals surface area (Å²) in [5.41, 5.74) is 5.36. The number of carbonyl (C=O) groups excluding carboxylic acids is 1. The van der Waals surface area contributed by atoms with E-state index in [4.69, 9.17) is 5.73 Å². The number of nitrogens with two attached hydrogens (primary N) is 1. The molecule has 0 unspecified atom stereocenters. The Kier molecular flexibility index (Phi) is 4.68. The second-order valence-corrected chi connectivity index (χ2v) is 4.60. The summed E-state index contributed by atoms with van der Waals surface area (Å²) in [6, 6.07) is 9.15. The first-order valence-corrected chi connectivity index (χ1v) is 6.49. The Balaban J connectivity index is 2.21. The number of rotatable bonds is 4. The van der Waals surface area contributed by atoms with Crippen molar-refractivity contribution in [1.82, 2.24) is 9.71 Å². The van der Waals surface area contributed by atoms with Crippen LogP contribution in [-0.4, -0.2) is 21.9 Å². The van der Waals surface area contributed by atoms with Gasteiger partial charge in [0.1, 0.15) is 0 Å². The van der Waals surface area contributed by atoms with Crippen LogP contribution in [0.25, 0.3) is 0 Å². The van der Waals surface area contributed by atoms with E-state index in [1.165, 1.54) is 0 Å². The largest absolute Gasteiger partial charge is 0.493 e. The summed E-state index contributed by atoms with van der Waals surface area (Å²) in [6.45, 7) is 0. The van der Waals surface area contributed by atoms with Gasteiger partial charge in [-0.2, -0.15) is 13.2 Å². The molecule has 0 aliphatic rings. The summed E-state index contributed by atoms with van der Waals surface area (Å²) >= 11 is 0. The average molecular weight is 327 g/mol. The Morgan fingerprint density at radius 2 is 1.87 bits per heavy atom. The third-order valence-corrected chi connectivity index (χ3v) is 2.95. The molecule has 0 aliphatic carbocycles. The molecule has 0 radical (unpaired) electrons. The van der Waals surface area contributed by atoms with E-state index in [-0.39, 0.29) is 16.7 Å². The zero-order valence-electron chi connectivity index (χ0n) is 11.7. The molecule has 0 fully saturated rings. The van der Waals surface area contributed by atoms with Crippen molar-refractivity contribution in [3.8, 4) is 0 Å². The predicted octanol–water partition coefficient (Wildman–Crippen LogP) is 1.13. The summed E-state index contributed by atoms with van der Waals surface area (Å²) in [5, 5.41) is 0. The van der Waals surface area contributed by atoms with Gasteiger partial charge >= 0.3 is 12.1 Å². The monoisotopic (exact) mass is 327 g/mol. The van der Waals surface area contributed by atoms with Crippen LogP contribution >= 0.6 is 0 Å². The highest BCUT2D eigenvalue weighted by Crippen LogP contribution is 2.15. The zero-order chi connectivity index (χ0) is 17.0. The van der Waals surface area contributed by atoms with E-state index in [1.807, 2.05) is 30.3 Å². The fraction of sp³-hybridized carbons (Fsp3) is 0.214. The lowest BCUT2D eigenvalue weighted by molar-refractivity contribution is -0.200. The number of nitrogen functional groups attached to an aromatic ring is 1. The van der Waals surface area contributed by atoms with E-state index in [0.717, 1.165) is 11.8 Å². The van der Waals surface area contributed by atoms with Crippen molar-refractivity contribution in [2.45, 2.75) is 19.0 Å². The minimum absolute atomic E-state index is 0.0517. The lowest BCUT2D eigenvalue weighted by Gasteiger charge is -2.11. The van der Waals surface area contributed by atoms with E-state index < -0.39 is 23.7 Å². The number of nitrogens with zero attached hydrogens (tertiary/aromatic N) is 2. The van der Waals surface area contributed by atoms with Gasteiger partial charge in [-0.25, -0.2) is 9.78 Å². The van der Waals surface area contributed by atoms with Gasteiger partial charge in [0, 0.05) is 11.8 Å². The number of aryl methyl sites for hydroxylation is 2. The molecule has 2 rings (SSSR count). The van der Waals surface area contributed by atoms with Gasteiger partial charge in [0.2, 0.25) is 5.95 Å². The van der Waals surface area contributed by atoms with Crippen LogP contribution in [0.1, 0.15) is 11.1 Å². The molecule has 1 heterocycles. The van der Waals surface area contributed by atoms with Crippen LogP contribution in [0, 0.1) is 0 Å². The van der Waals surface area contributed by atoms with E-state index in [2.05, 4.69) is 9.82 Å². The first-order valence-electron chi connectivity index (χ1n) is 6.49. The van der Waals surface area contributed by atoms with Crippen LogP contribution in [0.4, 0.5) is 19.1 Å². The quantitative estimate of drug-likeness (QED) is 0.909. The summed E-state index contributed by atoms with van der Waals surface area (Å²) in [5.74, 6) is -3.19. The predicted molar refractivity (Wildman–Crippen MR) is 74.4 cm³/mol. The topological polar surface area (TPSA) is 87.2 Å². The van der Waals surface area contributed by atoms with Crippen molar-refractivity contribution in [1.29, 1.82) is 0 Å². The van der Waals surface area contributed by atoms with Crippen molar-refractivity contribution < 1.29 is 22.8 Å². The number of halogens is 3. The lowest BCUT2D eigenvalue weighted by Crippen LogP contribution is -2.40. The molecular formula is C14H12F3N3O3. The number of hydrogen-bond donors (Lipinski definition) is 1. The second kappa shape index (κ2) is 6.51. The van der Waals surface area contributed by atoms with E-state index in [9.17, 15) is 22.8 Å². The Morgan fingerprint density at radius 3 is 2.48 bits per heavy atom. The van der Waals surface area contributed by atoms with Gasteiger partial charge in [0.05, 0.1) is 0 Å². The summed E-state index contributed by atoms with van der Waals surface area (Å²) in [7, 11) is 0. The summed E-state index contributed by atoms with van der Waals surface area (Å²) in [6.07, 6.45) is -3.42. The number of anilines is 1. The van der Waals surface area contributed by atoms with Gasteiger partial charge in [-0.1, -0.05) is 35.1 Å². The standard InChI is InChI=1S/C14H12F3N3O3/c15-14(16,17)12(22)23-20-11(21)10(8-19-13(20)18)7-6-9-4-2-1-3-5-9/h1-5,8H,6-7H2,(H2,18,19). The molecule has 23 heavy (non-hydrogen) atoms.